The Balaban J connectivity index is 1.89. The predicted molar refractivity (Wildman–Crippen MR) is 122 cm³/mol. The summed E-state index contributed by atoms with van der Waals surface area (Å²) in [5, 5.41) is 2.08. The second-order valence-electron chi connectivity index (χ2n) is 6.48. The molecule has 0 unspecified atom stereocenters. The molecule has 29 heavy (non-hydrogen) atoms. The van der Waals surface area contributed by atoms with Crippen LogP contribution in [0.3, 0.4) is 0 Å². The SMILES string of the molecule is CS(=O)(=O)c1ccc(-c2nc(-c3ccccc3Cl)sc2-c2ccc(Cl)cc2)cc1. The quantitative estimate of drug-likeness (QED) is 0.335. The van der Waals surface area contributed by atoms with Crippen LogP contribution in [0.1, 0.15) is 0 Å². The van der Waals surface area contributed by atoms with Crippen molar-refractivity contribution >= 4 is 44.4 Å². The highest BCUT2D eigenvalue weighted by Gasteiger charge is 2.18. The van der Waals surface area contributed by atoms with E-state index in [0.29, 0.717) is 10.0 Å². The lowest BCUT2D eigenvalue weighted by Crippen LogP contribution is -1.96. The fraction of sp³-hybridized carbons (Fsp3) is 0.0455. The molecule has 0 atom stereocenters. The van der Waals surface area contributed by atoms with Gasteiger partial charge in [-0.25, -0.2) is 13.4 Å². The van der Waals surface area contributed by atoms with E-state index in [1.807, 2.05) is 48.5 Å². The van der Waals surface area contributed by atoms with Crippen LogP contribution >= 0.6 is 34.5 Å². The van der Waals surface area contributed by atoms with Crippen LogP contribution < -0.4 is 0 Å². The van der Waals surface area contributed by atoms with Crippen LogP contribution in [0, 0.1) is 0 Å². The van der Waals surface area contributed by atoms with Gasteiger partial charge in [0.1, 0.15) is 5.01 Å². The summed E-state index contributed by atoms with van der Waals surface area (Å²) >= 11 is 14.0. The van der Waals surface area contributed by atoms with Gasteiger partial charge in [-0.2, -0.15) is 0 Å². The van der Waals surface area contributed by atoms with E-state index in [1.54, 1.807) is 24.3 Å². The van der Waals surface area contributed by atoms with Gasteiger partial charge in [-0.3, -0.25) is 0 Å². The highest BCUT2D eigenvalue weighted by molar-refractivity contribution is 7.90. The number of hydrogen-bond donors (Lipinski definition) is 0. The van der Waals surface area contributed by atoms with E-state index in [9.17, 15) is 8.42 Å². The molecule has 0 saturated heterocycles. The highest BCUT2D eigenvalue weighted by atomic mass is 35.5. The number of aromatic nitrogens is 1. The van der Waals surface area contributed by atoms with Crippen molar-refractivity contribution in [3.8, 4) is 32.3 Å². The first kappa shape index (κ1) is 20.1. The van der Waals surface area contributed by atoms with Crippen LogP contribution in [0.5, 0.6) is 0 Å². The van der Waals surface area contributed by atoms with Crippen LogP contribution in [-0.4, -0.2) is 19.7 Å². The lowest BCUT2D eigenvalue weighted by Gasteiger charge is -2.04. The molecule has 0 spiro atoms. The number of sulfone groups is 1. The highest BCUT2D eigenvalue weighted by Crippen LogP contribution is 2.42. The molecule has 0 aliphatic carbocycles. The maximum Gasteiger partial charge on any atom is 0.175 e. The molecule has 0 amide bonds. The van der Waals surface area contributed by atoms with Crippen molar-refractivity contribution in [1.82, 2.24) is 4.98 Å². The average molecular weight is 460 g/mol. The Morgan fingerprint density at radius 1 is 0.828 bits per heavy atom. The molecule has 7 heteroatoms. The van der Waals surface area contributed by atoms with Crippen LogP contribution in [0.2, 0.25) is 10.0 Å². The minimum Gasteiger partial charge on any atom is -0.235 e. The monoisotopic (exact) mass is 459 g/mol. The summed E-state index contributed by atoms with van der Waals surface area (Å²) in [6.07, 6.45) is 1.19. The van der Waals surface area contributed by atoms with Crippen molar-refractivity contribution in [3.05, 3.63) is 82.8 Å². The Kier molecular flexibility index (Phi) is 5.49. The molecule has 4 aromatic rings. The van der Waals surface area contributed by atoms with Gasteiger partial charge in [-0.1, -0.05) is 65.7 Å². The molecule has 0 aliphatic rings. The van der Waals surface area contributed by atoms with Crippen molar-refractivity contribution in [3.63, 3.8) is 0 Å². The lowest BCUT2D eigenvalue weighted by atomic mass is 10.1. The molecule has 146 valence electrons. The Bertz CT molecular complexity index is 1280. The van der Waals surface area contributed by atoms with Crippen molar-refractivity contribution < 1.29 is 8.42 Å². The van der Waals surface area contributed by atoms with E-state index in [-0.39, 0.29) is 4.90 Å². The molecular weight excluding hydrogens is 445 g/mol. The molecule has 0 bridgehead atoms. The first-order chi connectivity index (χ1) is 13.8. The van der Waals surface area contributed by atoms with Crippen LogP contribution in [-0.2, 0) is 9.84 Å². The van der Waals surface area contributed by atoms with Gasteiger partial charge in [0.15, 0.2) is 9.84 Å². The number of rotatable bonds is 4. The van der Waals surface area contributed by atoms with Crippen LogP contribution in [0.15, 0.2) is 77.7 Å². The zero-order valence-electron chi connectivity index (χ0n) is 15.3. The largest absolute Gasteiger partial charge is 0.235 e. The third-order valence-corrected chi connectivity index (χ3v) is 7.24. The summed E-state index contributed by atoms with van der Waals surface area (Å²) in [5.74, 6) is 0. The predicted octanol–water partition coefficient (Wildman–Crippen LogP) is 6.85. The fourth-order valence-electron chi connectivity index (χ4n) is 2.92. The van der Waals surface area contributed by atoms with Gasteiger partial charge in [0.25, 0.3) is 0 Å². The van der Waals surface area contributed by atoms with Gasteiger partial charge in [0.2, 0.25) is 0 Å². The lowest BCUT2D eigenvalue weighted by molar-refractivity contribution is 0.602. The summed E-state index contributed by atoms with van der Waals surface area (Å²) < 4.78 is 23.6. The normalized spacial score (nSPS) is 11.6. The number of nitrogens with zero attached hydrogens (tertiary/aromatic N) is 1. The standard InChI is InChI=1S/C22H15Cl2NO2S2/c1-29(26,27)17-12-8-14(9-13-17)20-21(15-6-10-16(23)11-7-15)28-22(25-20)18-4-2-3-5-19(18)24/h2-13H,1H3. The Hall–Kier alpha value is -2.18. The van der Waals surface area contributed by atoms with Crippen LogP contribution in [0.4, 0.5) is 0 Å². The van der Waals surface area contributed by atoms with Crippen molar-refractivity contribution in [2.75, 3.05) is 6.26 Å². The topological polar surface area (TPSA) is 47.0 Å². The molecule has 4 rings (SSSR count). The van der Waals surface area contributed by atoms with Crippen molar-refractivity contribution in [1.29, 1.82) is 0 Å². The van der Waals surface area contributed by atoms with Crippen molar-refractivity contribution in [2.24, 2.45) is 0 Å². The summed E-state index contributed by atoms with van der Waals surface area (Å²) in [7, 11) is -3.26. The van der Waals surface area contributed by atoms with E-state index < -0.39 is 9.84 Å². The Labute approximate surface area is 183 Å². The minimum atomic E-state index is -3.26. The molecule has 3 aromatic carbocycles. The summed E-state index contributed by atoms with van der Waals surface area (Å²) in [5.41, 5.74) is 3.44. The molecule has 1 heterocycles. The molecule has 0 N–H and O–H groups in total. The number of hydrogen-bond acceptors (Lipinski definition) is 4. The molecule has 0 saturated carbocycles. The first-order valence-corrected chi connectivity index (χ1v) is 12.1. The van der Waals surface area contributed by atoms with Crippen LogP contribution in [0.25, 0.3) is 32.3 Å². The van der Waals surface area contributed by atoms with Crippen molar-refractivity contribution in [2.45, 2.75) is 4.90 Å². The third kappa shape index (κ3) is 4.23. The Morgan fingerprint density at radius 3 is 2.07 bits per heavy atom. The van der Waals surface area contributed by atoms with E-state index in [4.69, 9.17) is 28.2 Å². The maximum absolute atomic E-state index is 11.8. The number of halogens is 2. The van der Waals surface area contributed by atoms with Gasteiger partial charge in [0, 0.05) is 22.4 Å². The second kappa shape index (κ2) is 7.92. The second-order valence-corrected chi connectivity index (χ2v) is 10.3. The van der Waals surface area contributed by atoms with Gasteiger partial charge in [-0.05, 0) is 35.9 Å². The maximum atomic E-state index is 11.8. The summed E-state index contributed by atoms with van der Waals surface area (Å²) in [4.78, 5) is 6.09. The van der Waals surface area contributed by atoms with Gasteiger partial charge < -0.3 is 0 Å². The van der Waals surface area contributed by atoms with Gasteiger partial charge >= 0.3 is 0 Å². The molecule has 0 radical (unpaired) electrons. The molecule has 3 nitrogen and oxygen atoms in total. The minimum absolute atomic E-state index is 0.274. The number of thiazole rings is 1. The van der Waals surface area contributed by atoms with E-state index in [1.165, 1.54) is 17.6 Å². The molecule has 0 fully saturated rings. The summed E-state index contributed by atoms with van der Waals surface area (Å²) in [6, 6.07) is 21.9. The Morgan fingerprint density at radius 2 is 1.45 bits per heavy atom. The van der Waals surface area contributed by atoms with Gasteiger partial charge in [0.05, 0.1) is 20.5 Å². The average Bonchev–Trinajstić information content (AvgIpc) is 3.13. The fourth-order valence-corrected chi connectivity index (χ4v) is 5.09. The molecular formula is C22H15Cl2NO2S2. The number of benzene rings is 3. The third-order valence-electron chi connectivity index (χ3n) is 4.39. The van der Waals surface area contributed by atoms with Gasteiger partial charge in [-0.15, -0.1) is 11.3 Å². The zero-order valence-corrected chi connectivity index (χ0v) is 18.4. The first-order valence-electron chi connectivity index (χ1n) is 8.65. The summed E-state index contributed by atoms with van der Waals surface area (Å²) in [6.45, 7) is 0. The smallest absolute Gasteiger partial charge is 0.175 e. The van der Waals surface area contributed by atoms with E-state index >= 15 is 0 Å². The molecule has 1 aromatic heterocycles. The molecule has 0 aliphatic heterocycles. The van der Waals surface area contributed by atoms with E-state index in [2.05, 4.69) is 0 Å². The van der Waals surface area contributed by atoms with E-state index in [0.717, 1.165) is 32.3 Å². The zero-order chi connectivity index (χ0) is 20.6.